The van der Waals surface area contributed by atoms with Gasteiger partial charge >= 0.3 is 0 Å². The molecule has 0 unspecified atom stereocenters. The van der Waals surface area contributed by atoms with Crippen molar-refractivity contribution in [3.05, 3.63) is 66.2 Å². The molecule has 0 amide bonds. The number of aromatic nitrogens is 4. The van der Waals surface area contributed by atoms with Gasteiger partial charge < -0.3 is 5.32 Å². The zero-order chi connectivity index (χ0) is 14.5. The van der Waals surface area contributed by atoms with Gasteiger partial charge in [-0.15, -0.1) is 0 Å². The quantitative estimate of drug-likeness (QED) is 0.745. The van der Waals surface area contributed by atoms with E-state index in [1.165, 1.54) is 4.79 Å². The van der Waals surface area contributed by atoms with Gasteiger partial charge in [-0.05, 0) is 35.0 Å². The van der Waals surface area contributed by atoms with E-state index in [0.717, 1.165) is 17.0 Å². The smallest absolute Gasteiger partial charge is 0.269 e. The lowest BCUT2D eigenvalue weighted by Crippen LogP contribution is -2.04. The van der Waals surface area contributed by atoms with Crippen LogP contribution in [0.1, 0.15) is 12.5 Å². The summed E-state index contributed by atoms with van der Waals surface area (Å²) in [5, 5.41) is 19.0. The molecule has 0 saturated carbocycles. The predicted octanol–water partition coefficient (Wildman–Crippen LogP) is 2.69. The third-order valence-electron chi connectivity index (χ3n) is 2.92. The third-order valence-corrected chi connectivity index (χ3v) is 2.92. The standard InChI is InChI=1S/C15H14N6/c1-12(13-8-4-2-5-9-13)18-21-15(17-19-20-21)16-14-10-6-3-7-11-14/h2-11H,1H3,(H,16,17,20). The second-order valence-corrected chi connectivity index (χ2v) is 4.43. The van der Waals surface area contributed by atoms with Crippen LogP contribution in [-0.2, 0) is 0 Å². The number of tetrazole rings is 1. The lowest BCUT2D eigenvalue weighted by molar-refractivity contribution is 0.695. The minimum absolute atomic E-state index is 0.469. The SMILES string of the molecule is CC(=Nn1nnnc1Nc1ccccc1)c1ccccc1. The first kappa shape index (κ1) is 13.0. The van der Waals surface area contributed by atoms with Gasteiger partial charge in [0.05, 0.1) is 5.71 Å². The van der Waals surface area contributed by atoms with Crippen LogP contribution in [0, 0.1) is 0 Å². The molecule has 0 aliphatic rings. The van der Waals surface area contributed by atoms with E-state index in [-0.39, 0.29) is 0 Å². The number of hydrogen-bond acceptors (Lipinski definition) is 5. The molecule has 1 aromatic heterocycles. The summed E-state index contributed by atoms with van der Waals surface area (Å²) in [5.74, 6) is 0.469. The summed E-state index contributed by atoms with van der Waals surface area (Å²) in [7, 11) is 0. The van der Waals surface area contributed by atoms with Crippen LogP contribution in [0.5, 0.6) is 0 Å². The van der Waals surface area contributed by atoms with Gasteiger partial charge in [-0.2, -0.15) is 5.10 Å². The van der Waals surface area contributed by atoms with Crippen molar-refractivity contribution in [2.75, 3.05) is 5.32 Å². The zero-order valence-electron chi connectivity index (χ0n) is 11.5. The van der Waals surface area contributed by atoms with Crippen molar-refractivity contribution in [1.82, 2.24) is 20.3 Å². The third kappa shape index (κ3) is 3.11. The van der Waals surface area contributed by atoms with Crippen LogP contribution in [0.3, 0.4) is 0 Å². The molecule has 0 saturated heterocycles. The summed E-state index contributed by atoms with van der Waals surface area (Å²) in [6.45, 7) is 1.92. The summed E-state index contributed by atoms with van der Waals surface area (Å²) < 4.78 is 0. The van der Waals surface area contributed by atoms with Crippen molar-refractivity contribution < 1.29 is 0 Å². The summed E-state index contributed by atoms with van der Waals surface area (Å²) in [5.41, 5.74) is 2.76. The molecule has 0 radical (unpaired) electrons. The van der Waals surface area contributed by atoms with E-state index >= 15 is 0 Å². The Kier molecular flexibility index (Phi) is 3.68. The Balaban J connectivity index is 1.86. The Hall–Kier alpha value is -3.02. The lowest BCUT2D eigenvalue weighted by Gasteiger charge is -2.04. The van der Waals surface area contributed by atoms with Gasteiger partial charge in [0, 0.05) is 5.69 Å². The van der Waals surface area contributed by atoms with Crippen molar-refractivity contribution in [2.45, 2.75) is 6.92 Å². The van der Waals surface area contributed by atoms with Crippen LogP contribution in [0.25, 0.3) is 0 Å². The number of hydrogen-bond donors (Lipinski definition) is 1. The number of rotatable bonds is 4. The number of para-hydroxylation sites is 1. The number of nitrogens with zero attached hydrogens (tertiary/aromatic N) is 5. The number of benzene rings is 2. The van der Waals surface area contributed by atoms with Gasteiger partial charge in [0.2, 0.25) is 0 Å². The average molecular weight is 278 g/mol. The Bertz CT molecular complexity index is 733. The van der Waals surface area contributed by atoms with Crippen molar-refractivity contribution in [3.8, 4) is 0 Å². The molecule has 6 nitrogen and oxygen atoms in total. The van der Waals surface area contributed by atoms with E-state index in [0.29, 0.717) is 5.95 Å². The highest BCUT2D eigenvalue weighted by atomic mass is 15.7. The zero-order valence-corrected chi connectivity index (χ0v) is 11.5. The van der Waals surface area contributed by atoms with Crippen LogP contribution in [0.15, 0.2) is 65.8 Å². The van der Waals surface area contributed by atoms with Gasteiger partial charge in [0.1, 0.15) is 0 Å². The number of anilines is 2. The van der Waals surface area contributed by atoms with E-state index in [4.69, 9.17) is 0 Å². The number of nitrogens with one attached hydrogen (secondary N) is 1. The van der Waals surface area contributed by atoms with Gasteiger partial charge in [-0.25, -0.2) is 0 Å². The molecule has 0 aliphatic heterocycles. The molecule has 1 heterocycles. The molecule has 104 valence electrons. The van der Waals surface area contributed by atoms with E-state index in [1.807, 2.05) is 67.6 Å². The highest BCUT2D eigenvalue weighted by molar-refractivity contribution is 5.98. The van der Waals surface area contributed by atoms with Crippen LogP contribution in [-0.4, -0.2) is 26.0 Å². The Morgan fingerprint density at radius 1 is 1.00 bits per heavy atom. The fourth-order valence-electron chi connectivity index (χ4n) is 1.85. The van der Waals surface area contributed by atoms with E-state index in [1.54, 1.807) is 0 Å². The van der Waals surface area contributed by atoms with Crippen molar-refractivity contribution in [3.63, 3.8) is 0 Å². The molecule has 0 atom stereocenters. The minimum Gasteiger partial charge on any atom is -0.321 e. The van der Waals surface area contributed by atoms with Crippen LogP contribution < -0.4 is 5.32 Å². The van der Waals surface area contributed by atoms with E-state index in [9.17, 15) is 0 Å². The van der Waals surface area contributed by atoms with Gasteiger partial charge in [-0.3, -0.25) is 0 Å². The highest BCUT2D eigenvalue weighted by Crippen LogP contribution is 2.12. The molecule has 0 fully saturated rings. The molecule has 3 rings (SSSR count). The predicted molar refractivity (Wildman–Crippen MR) is 81.6 cm³/mol. The summed E-state index contributed by atoms with van der Waals surface area (Å²) in [6.07, 6.45) is 0. The topological polar surface area (TPSA) is 68.0 Å². The largest absolute Gasteiger partial charge is 0.321 e. The molecule has 0 spiro atoms. The minimum atomic E-state index is 0.469. The second-order valence-electron chi connectivity index (χ2n) is 4.43. The second kappa shape index (κ2) is 5.96. The van der Waals surface area contributed by atoms with Crippen LogP contribution in [0.4, 0.5) is 11.6 Å². The molecule has 1 N–H and O–H groups in total. The lowest BCUT2D eigenvalue weighted by atomic mass is 10.1. The molecule has 0 bridgehead atoms. The fraction of sp³-hybridized carbons (Fsp3) is 0.0667. The highest BCUT2D eigenvalue weighted by Gasteiger charge is 2.06. The van der Waals surface area contributed by atoms with Crippen molar-refractivity contribution in [1.29, 1.82) is 0 Å². The Labute approximate surface area is 122 Å². The van der Waals surface area contributed by atoms with E-state index in [2.05, 4.69) is 25.9 Å². The van der Waals surface area contributed by atoms with Gasteiger partial charge in [0.15, 0.2) is 0 Å². The Morgan fingerprint density at radius 2 is 1.67 bits per heavy atom. The fourth-order valence-corrected chi connectivity index (χ4v) is 1.85. The van der Waals surface area contributed by atoms with E-state index < -0.39 is 0 Å². The van der Waals surface area contributed by atoms with Crippen LogP contribution >= 0.6 is 0 Å². The maximum Gasteiger partial charge on any atom is 0.269 e. The van der Waals surface area contributed by atoms with Crippen molar-refractivity contribution in [2.24, 2.45) is 5.10 Å². The summed E-state index contributed by atoms with van der Waals surface area (Å²) in [4.78, 5) is 1.38. The van der Waals surface area contributed by atoms with Crippen molar-refractivity contribution >= 4 is 17.3 Å². The molecule has 3 aromatic rings. The summed E-state index contributed by atoms with van der Waals surface area (Å²) >= 11 is 0. The summed E-state index contributed by atoms with van der Waals surface area (Å²) in [6, 6.07) is 19.6. The maximum atomic E-state index is 4.42. The van der Waals surface area contributed by atoms with Gasteiger partial charge in [-0.1, -0.05) is 58.4 Å². The first-order valence-electron chi connectivity index (χ1n) is 6.54. The molecule has 2 aromatic carbocycles. The molecule has 6 heteroatoms. The van der Waals surface area contributed by atoms with Gasteiger partial charge in [0.25, 0.3) is 5.95 Å². The monoisotopic (exact) mass is 278 g/mol. The maximum absolute atomic E-state index is 4.42. The van der Waals surface area contributed by atoms with Crippen LogP contribution in [0.2, 0.25) is 0 Å². The first-order chi connectivity index (χ1) is 10.3. The normalized spacial score (nSPS) is 11.4. The Morgan fingerprint density at radius 3 is 2.38 bits per heavy atom. The molecular weight excluding hydrogens is 264 g/mol. The molecule has 21 heavy (non-hydrogen) atoms. The molecule has 0 aliphatic carbocycles. The first-order valence-corrected chi connectivity index (χ1v) is 6.54. The molecular formula is C15H14N6. The average Bonchev–Trinajstić information content (AvgIpc) is 2.96.